The molecular weight excluding hydrogens is 366 g/mol. The molecule has 0 amide bonds. The van der Waals surface area contributed by atoms with Crippen LogP contribution in [0.1, 0.15) is 69.4 Å². The van der Waals surface area contributed by atoms with Crippen molar-refractivity contribution in [3.8, 4) is 22.4 Å². The smallest absolute Gasteiger partial charge is 0.147 e. The van der Waals surface area contributed by atoms with Crippen molar-refractivity contribution in [2.24, 2.45) is 0 Å². The van der Waals surface area contributed by atoms with Crippen molar-refractivity contribution in [2.45, 2.75) is 64.9 Å². The molecule has 28 heavy (non-hydrogen) atoms. The summed E-state index contributed by atoms with van der Waals surface area (Å²) in [6, 6.07) is 7.85. The van der Waals surface area contributed by atoms with E-state index in [2.05, 4.69) is 41.4 Å². The van der Waals surface area contributed by atoms with E-state index in [9.17, 15) is 5.26 Å². The van der Waals surface area contributed by atoms with Gasteiger partial charge in [-0.2, -0.15) is 5.26 Å². The number of hydrogen-bond acceptors (Lipinski definition) is 5. The molecule has 5 heteroatoms. The fourth-order valence-electron chi connectivity index (χ4n) is 3.32. The molecule has 1 aromatic carbocycles. The Labute approximate surface area is 171 Å². The molecule has 0 radical (unpaired) electrons. The van der Waals surface area contributed by atoms with Crippen LogP contribution in [0.15, 0.2) is 42.0 Å². The van der Waals surface area contributed by atoms with Crippen LogP contribution in [0.5, 0.6) is 5.75 Å². The third-order valence-electron chi connectivity index (χ3n) is 4.83. The van der Waals surface area contributed by atoms with Gasteiger partial charge in [0.1, 0.15) is 21.8 Å². The van der Waals surface area contributed by atoms with Gasteiger partial charge in [-0.15, -0.1) is 10.2 Å². The second kappa shape index (κ2) is 9.66. The Balaban J connectivity index is 1.77. The second-order valence-electron chi connectivity index (χ2n) is 7.37. The Kier molecular flexibility index (Phi) is 7.00. The van der Waals surface area contributed by atoms with Gasteiger partial charge in [-0.05, 0) is 64.2 Å². The van der Waals surface area contributed by atoms with Crippen LogP contribution in [0, 0.1) is 11.3 Å². The van der Waals surface area contributed by atoms with Crippen molar-refractivity contribution < 1.29 is 4.74 Å². The molecule has 1 aromatic heterocycles. The van der Waals surface area contributed by atoms with Gasteiger partial charge in [0.25, 0.3) is 0 Å². The zero-order valence-corrected chi connectivity index (χ0v) is 17.6. The highest BCUT2D eigenvalue weighted by Gasteiger charge is 2.15. The monoisotopic (exact) mass is 393 g/mol. The Bertz CT molecular complexity index is 897. The van der Waals surface area contributed by atoms with Crippen LogP contribution < -0.4 is 4.74 Å². The Hall–Kier alpha value is -2.45. The fourth-order valence-corrected chi connectivity index (χ4v) is 4.33. The third kappa shape index (κ3) is 5.08. The van der Waals surface area contributed by atoms with E-state index in [0.29, 0.717) is 11.3 Å². The maximum atomic E-state index is 9.44. The first-order valence-corrected chi connectivity index (χ1v) is 10.8. The van der Waals surface area contributed by atoms with Crippen molar-refractivity contribution in [1.82, 2.24) is 10.2 Å². The van der Waals surface area contributed by atoms with Gasteiger partial charge in [-0.1, -0.05) is 42.1 Å². The molecule has 1 unspecified atom stereocenters. The second-order valence-corrected chi connectivity index (χ2v) is 8.38. The lowest BCUT2D eigenvalue weighted by Gasteiger charge is -2.11. The Morgan fingerprint density at radius 2 is 2.04 bits per heavy atom. The Morgan fingerprint density at radius 1 is 1.25 bits per heavy atom. The minimum Gasteiger partial charge on any atom is -0.490 e. The summed E-state index contributed by atoms with van der Waals surface area (Å²) in [6.45, 7) is 6.07. The average Bonchev–Trinajstić information content (AvgIpc) is 3.37. The summed E-state index contributed by atoms with van der Waals surface area (Å²) < 4.78 is 5.70. The van der Waals surface area contributed by atoms with Crippen LogP contribution in [0.2, 0.25) is 0 Å². The molecule has 4 nitrogen and oxygen atoms in total. The maximum absolute atomic E-state index is 9.44. The van der Waals surface area contributed by atoms with Gasteiger partial charge in [-0.25, -0.2) is 0 Å². The SMILES string of the molecule is CCC(/C=C\C=C1CCCC1)c1nnc(-c2ccc(OC(C)C)c(C#N)c2)s1. The van der Waals surface area contributed by atoms with Gasteiger partial charge in [0.2, 0.25) is 0 Å². The van der Waals surface area contributed by atoms with Crippen LogP contribution in [0.4, 0.5) is 0 Å². The summed E-state index contributed by atoms with van der Waals surface area (Å²) in [5.74, 6) is 0.879. The largest absolute Gasteiger partial charge is 0.490 e. The van der Waals surface area contributed by atoms with Crippen LogP contribution in [0.3, 0.4) is 0 Å². The lowest BCUT2D eigenvalue weighted by Crippen LogP contribution is -2.06. The molecule has 1 aliphatic rings. The first kappa shape index (κ1) is 20.3. The van der Waals surface area contributed by atoms with E-state index < -0.39 is 0 Å². The maximum Gasteiger partial charge on any atom is 0.147 e. The molecule has 146 valence electrons. The highest BCUT2D eigenvalue weighted by Crippen LogP contribution is 2.33. The minimum absolute atomic E-state index is 0.0300. The standard InChI is InChI=1S/C23H27N3OS/c1-4-18(11-7-10-17-8-5-6-9-17)22-25-26-23(28-22)19-12-13-21(27-16(2)3)20(14-19)15-24/h7,10-14,16,18H,4-6,8-9H2,1-3H3/b11-7-. The van der Waals surface area contributed by atoms with E-state index in [1.165, 1.54) is 25.7 Å². The minimum atomic E-state index is 0.0300. The van der Waals surface area contributed by atoms with Crippen molar-refractivity contribution in [3.05, 3.63) is 52.6 Å². The third-order valence-corrected chi connectivity index (χ3v) is 5.93. The lowest BCUT2D eigenvalue weighted by atomic mass is 10.1. The van der Waals surface area contributed by atoms with E-state index in [1.807, 2.05) is 32.0 Å². The van der Waals surface area contributed by atoms with Crippen LogP contribution >= 0.6 is 11.3 Å². The summed E-state index contributed by atoms with van der Waals surface area (Å²) in [7, 11) is 0. The van der Waals surface area contributed by atoms with Gasteiger partial charge in [0.15, 0.2) is 0 Å². The molecular formula is C23H27N3OS. The highest BCUT2D eigenvalue weighted by atomic mass is 32.1. The summed E-state index contributed by atoms with van der Waals surface area (Å²) in [4.78, 5) is 0. The molecule has 0 bridgehead atoms. The number of ether oxygens (including phenoxy) is 1. The van der Waals surface area contributed by atoms with Gasteiger partial charge >= 0.3 is 0 Å². The quantitative estimate of drug-likeness (QED) is 0.545. The summed E-state index contributed by atoms with van der Waals surface area (Å²) in [5.41, 5.74) is 2.98. The molecule has 2 aromatic rings. The molecule has 0 N–H and O–H groups in total. The molecule has 1 heterocycles. The topological polar surface area (TPSA) is 58.8 Å². The summed E-state index contributed by atoms with van der Waals surface area (Å²) in [5, 5.41) is 20.1. The number of aromatic nitrogens is 2. The molecule has 0 spiro atoms. The fraction of sp³-hybridized carbons (Fsp3) is 0.435. The zero-order valence-electron chi connectivity index (χ0n) is 16.8. The number of hydrogen-bond donors (Lipinski definition) is 0. The molecule has 3 rings (SSSR count). The predicted molar refractivity (Wildman–Crippen MR) is 115 cm³/mol. The molecule has 1 atom stereocenters. The van der Waals surface area contributed by atoms with Crippen molar-refractivity contribution in [3.63, 3.8) is 0 Å². The molecule has 1 aliphatic carbocycles. The van der Waals surface area contributed by atoms with Gasteiger partial charge < -0.3 is 4.74 Å². The average molecular weight is 394 g/mol. The van der Waals surface area contributed by atoms with Crippen LogP contribution in [0.25, 0.3) is 10.6 Å². The number of allylic oxidation sites excluding steroid dienone is 4. The van der Waals surface area contributed by atoms with E-state index >= 15 is 0 Å². The van der Waals surface area contributed by atoms with Gasteiger partial charge in [-0.3, -0.25) is 0 Å². The molecule has 0 saturated heterocycles. The van der Waals surface area contributed by atoms with Crippen LogP contribution in [-0.2, 0) is 0 Å². The van der Waals surface area contributed by atoms with Crippen molar-refractivity contribution in [1.29, 1.82) is 5.26 Å². The van der Waals surface area contributed by atoms with Gasteiger partial charge in [0, 0.05) is 11.5 Å². The van der Waals surface area contributed by atoms with Gasteiger partial charge in [0.05, 0.1) is 11.7 Å². The van der Waals surface area contributed by atoms with E-state index in [4.69, 9.17) is 4.74 Å². The number of nitrogens with zero attached hydrogens (tertiary/aromatic N) is 3. The Morgan fingerprint density at radius 3 is 2.71 bits per heavy atom. The van der Waals surface area contributed by atoms with Crippen molar-refractivity contribution in [2.75, 3.05) is 0 Å². The number of benzene rings is 1. The van der Waals surface area contributed by atoms with E-state index in [0.717, 1.165) is 22.0 Å². The first-order chi connectivity index (χ1) is 13.6. The molecule has 1 fully saturated rings. The predicted octanol–water partition coefficient (Wildman–Crippen LogP) is 6.41. The molecule has 1 saturated carbocycles. The van der Waals surface area contributed by atoms with Crippen LogP contribution in [-0.4, -0.2) is 16.3 Å². The molecule has 0 aliphatic heterocycles. The summed E-state index contributed by atoms with van der Waals surface area (Å²) >= 11 is 1.60. The van der Waals surface area contributed by atoms with E-state index in [1.54, 1.807) is 16.9 Å². The first-order valence-electron chi connectivity index (χ1n) is 10.0. The highest BCUT2D eigenvalue weighted by molar-refractivity contribution is 7.14. The number of rotatable bonds is 7. The lowest BCUT2D eigenvalue weighted by molar-refractivity contribution is 0.242. The van der Waals surface area contributed by atoms with E-state index in [-0.39, 0.29) is 12.0 Å². The zero-order chi connectivity index (χ0) is 19.9. The summed E-state index contributed by atoms with van der Waals surface area (Å²) in [6.07, 6.45) is 12.8. The van der Waals surface area contributed by atoms with Crippen molar-refractivity contribution >= 4 is 11.3 Å². The normalized spacial score (nSPS) is 15.2. The number of nitriles is 1.